The molecule has 0 amide bonds. The van der Waals surface area contributed by atoms with Crippen LogP contribution in [0.15, 0.2) is 20.9 Å². The van der Waals surface area contributed by atoms with Gasteiger partial charge >= 0.3 is 5.69 Å². The van der Waals surface area contributed by atoms with Gasteiger partial charge in [0.2, 0.25) is 0 Å². The molecule has 2 aromatic rings. The molecule has 0 bridgehead atoms. The standard InChI is InChI=1S/C16H27N7O2/c1-18-15(17)20(2)9-7-5-6-8-10-23-11-19-13-12(23)14(24)22(4)16(25)21(13)3/h11H,5-10H2,1-4H3,(H2,17,18). The summed E-state index contributed by atoms with van der Waals surface area (Å²) < 4.78 is 4.36. The molecule has 0 aliphatic rings. The number of aryl methyl sites for hydroxylation is 2. The molecule has 0 aromatic carbocycles. The molecule has 2 N–H and O–H groups in total. The largest absolute Gasteiger partial charge is 0.370 e. The number of aliphatic imine (C=N–C) groups is 1. The molecule has 2 rings (SSSR count). The van der Waals surface area contributed by atoms with Crippen molar-refractivity contribution < 1.29 is 0 Å². The van der Waals surface area contributed by atoms with Gasteiger partial charge in [0.25, 0.3) is 5.56 Å². The number of unbranched alkanes of at least 4 members (excludes halogenated alkanes) is 3. The monoisotopic (exact) mass is 349 g/mol. The highest BCUT2D eigenvalue weighted by Crippen LogP contribution is 2.09. The first-order chi connectivity index (χ1) is 11.9. The molecule has 0 aliphatic heterocycles. The molecule has 9 heteroatoms. The van der Waals surface area contributed by atoms with Crippen LogP contribution in [0.25, 0.3) is 11.2 Å². The van der Waals surface area contributed by atoms with Gasteiger partial charge < -0.3 is 15.2 Å². The molecule has 2 heterocycles. The van der Waals surface area contributed by atoms with Crippen LogP contribution in [0.3, 0.4) is 0 Å². The van der Waals surface area contributed by atoms with E-state index in [4.69, 9.17) is 5.73 Å². The van der Waals surface area contributed by atoms with Crippen LogP contribution in [0.5, 0.6) is 0 Å². The van der Waals surface area contributed by atoms with Gasteiger partial charge in [0.15, 0.2) is 17.1 Å². The van der Waals surface area contributed by atoms with Crippen LogP contribution in [0.1, 0.15) is 25.7 Å². The summed E-state index contributed by atoms with van der Waals surface area (Å²) in [5.41, 5.74) is 5.99. The number of hydrogen-bond acceptors (Lipinski definition) is 4. The SMILES string of the molecule is CN=C(N)N(C)CCCCCCn1cnc2c1c(=O)n(C)c(=O)n2C. The van der Waals surface area contributed by atoms with Gasteiger partial charge in [-0.3, -0.25) is 18.9 Å². The minimum atomic E-state index is -0.359. The van der Waals surface area contributed by atoms with Crippen LogP contribution in [0, 0.1) is 0 Å². The maximum Gasteiger partial charge on any atom is 0.332 e. The number of fused-ring (bicyclic) bond motifs is 1. The smallest absolute Gasteiger partial charge is 0.332 e. The van der Waals surface area contributed by atoms with Crippen molar-refractivity contribution in [3.63, 3.8) is 0 Å². The first-order valence-corrected chi connectivity index (χ1v) is 8.42. The Kier molecular flexibility index (Phi) is 6.00. The zero-order chi connectivity index (χ0) is 18.6. The lowest BCUT2D eigenvalue weighted by Gasteiger charge is -2.17. The van der Waals surface area contributed by atoms with Crippen molar-refractivity contribution in [3.05, 3.63) is 27.2 Å². The van der Waals surface area contributed by atoms with Crippen molar-refractivity contribution in [2.24, 2.45) is 24.8 Å². The van der Waals surface area contributed by atoms with E-state index in [-0.39, 0.29) is 11.2 Å². The molecule has 138 valence electrons. The third-order valence-corrected chi connectivity index (χ3v) is 4.48. The molecule has 0 unspecified atom stereocenters. The fraction of sp³-hybridized carbons (Fsp3) is 0.625. The topological polar surface area (TPSA) is 103 Å². The molecule has 25 heavy (non-hydrogen) atoms. The van der Waals surface area contributed by atoms with Crippen molar-refractivity contribution in [1.29, 1.82) is 0 Å². The molecular formula is C16H27N7O2. The quantitative estimate of drug-likeness (QED) is 0.426. The van der Waals surface area contributed by atoms with Gasteiger partial charge in [-0.1, -0.05) is 12.8 Å². The third-order valence-electron chi connectivity index (χ3n) is 4.48. The van der Waals surface area contributed by atoms with E-state index < -0.39 is 0 Å². The second kappa shape index (κ2) is 8.00. The number of guanidine groups is 1. The number of aromatic nitrogens is 4. The fourth-order valence-corrected chi connectivity index (χ4v) is 2.84. The second-order valence-corrected chi connectivity index (χ2v) is 6.23. The first kappa shape index (κ1) is 18.8. The molecule has 0 fully saturated rings. The lowest BCUT2D eigenvalue weighted by molar-refractivity contribution is 0.459. The number of hydrogen-bond donors (Lipinski definition) is 1. The van der Waals surface area contributed by atoms with E-state index in [1.807, 2.05) is 16.5 Å². The molecule has 0 saturated carbocycles. The minimum Gasteiger partial charge on any atom is -0.370 e. The van der Waals surface area contributed by atoms with Crippen LogP contribution in [-0.4, -0.2) is 50.2 Å². The number of nitrogens with two attached hydrogens (primary N) is 1. The van der Waals surface area contributed by atoms with Gasteiger partial charge in [0, 0.05) is 41.3 Å². The Morgan fingerprint density at radius 3 is 2.56 bits per heavy atom. The molecule has 0 spiro atoms. The summed E-state index contributed by atoms with van der Waals surface area (Å²) in [4.78, 5) is 34.4. The summed E-state index contributed by atoms with van der Waals surface area (Å²) in [6, 6.07) is 0. The lowest BCUT2D eigenvalue weighted by atomic mass is 10.2. The number of rotatable bonds is 7. The van der Waals surface area contributed by atoms with Gasteiger partial charge in [-0.05, 0) is 12.8 Å². The molecule has 0 saturated heterocycles. The predicted molar refractivity (Wildman–Crippen MR) is 98.9 cm³/mol. The Bertz CT molecular complexity index is 875. The molecule has 2 aromatic heterocycles. The minimum absolute atomic E-state index is 0.299. The molecule has 9 nitrogen and oxygen atoms in total. The Morgan fingerprint density at radius 1 is 1.20 bits per heavy atom. The van der Waals surface area contributed by atoms with E-state index in [9.17, 15) is 9.59 Å². The van der Waals surface area contributed by atoms with Crippen molar-refractivity contribution >= 4 is 17.1 Å². The molecular weight excluding hydrogens is 322 g/mol. The summed E-state index contributed by atoms with van der Waals surface area (Å²) in [5.74, 6) is 0.548. The van der Waals surface area contributed by atoms with Gasteiger partial charge in [-0.25, -0.2) is 9.78 Å². The summed E-state index contributed by atoms with van der Waals surface area (Å²) in [7, 11) is 6.73. The zero-order valence-electron chi connectivity index (χ0n) is 15.4. The summed E-state index contributed by atoms with van der Waals surface area (Å²) >= 11 is 0. The van der Waals surface area contributed by atoms with E-state index in [2.05, 4.69) is 9.98 Å². The first-order valence-electron chi connectivity index (χ1n) is 8.42. The van der Waals surface area contributed by atoms with Crippen LogP contribution in [-0.2, 0) is 20.6 Å². The highest BCUT2D eigenvalue weighted by atomic mass is 16.2. The van der Waals surface area contributed by atoms with Crippen molar-refractivity contribution in [1.82, 2.24) is 23.6 Å². The Morgan fingerprint density at radius 2 is 1.88 bits per heavy atom. The maximum atomic E-state index is 12.3. The highest BCUT2D eigenvalue weighted by Gasteiger charge is 2.13. The average Bonchev–Trinajstić information content (AvgIpc) is 3.04. The second-order valence-electron chi connectivity index (χ2n) is 6.23. The van der Waals surface area contributed by atoms with Crippen molar-refractivity contribution in [2.75, 3.05) is 20.6 Å². The van der Waals surface area contributed by atoms with E-state index in [0.29, 0.717) is 23.7 Å². The predicted octanol–water partition coefficient (Wildman–Crippen LogP) is -0.130. The van der Waals surface area contributed by atoms with Crippen LogP contribution < -0.4 is 17.0 Å². The summed E-state index contributed by atoms with van der Waals surface area (Å²) in [6.45, 7) is 1.58. The van der Waals surface area contributed by atoms with Crippen LogP contribution >= 0.6 is 0 Å². The highest BCUT2D eigenvalue weighted by molar-refractivity contribution is 5.77. The molecule has 0 radical (unpaired) electrons. The van der Waals surface area contributed by atoms with Gasteiger partial charge in [0.1, 0.15) is 0 Å². The van der Waals surface area contributed by atoms with Gasteiger partial charge in [-0.15, -0.1) is 0 Å². The summed E-state index contributed by atoms with van der Waals surface area (Å²) in [6.07, 6.45) is 5.73. The Labute approximate surface area is 146 Å². The fourth-order valence-electron chi connectivity index (χ4n) is 2.84. The van der Waals surface area contributed by atoms with Gasteiger partial charge in [0.05, 0.1) is 6.33 Å². The van der Waals surface area contributed by atoms with Crippen LogP contribution in [0.4, 0.5) is 0 Å². The van der Waals surface area contributed by atoms with Crippen molar-refractivity contribution in [2.45, 2.75) is 32.2 Å². The lowest BCUT2D eigenvalue weighted by Crippen LogP contribution is -2.37. The maximum absolute atomic E-state index is 12.3. The van der Waals surface area contributed by atoms with Gasteiger partial charge in [-0.2, -0.15) is 0 Å². The van der Waals surface area contributed by atoms with E-state index in [1.165, 1.54) is 11.6 Å². The summed E-state index contributed by atoms with van der Waals surface area (Å²) in [5, 5.41) is 0. The third kappa shape index (κ3) is 3.92. The normalized spacial score (nSPS) is 12.1. The van der Waals surface area contributed by atoms with Crippen LogP contribution in [0.2, 0.25) is 0 Å². The Hall–Kier alpha value is -2.58. The zero-order valence-corrected chi connectivity index (χ0v) is 15.4. The van der Waals surface area contributed by atoms with Crippen molar-refractivity contribution in [3.8, 4) is 0 Å². The molecule has 0 atom stereocenters. The van der Waals surface area contributed by atoms with E-state index in [0.717, 1.165) is 36.8 Å². The average molecular weight is 349 g/mol. The number of nitrogens with zero attached hydrogens (tertiary/aromatic N) is 6. The van der Waals surface area contributed by atoms with E-state index >= 15 is 0 Å². The Balaban J connectivity index is 1.93. The molecule has 0 aliphatic carbocycles. The number of imidazole rings is 1. The van der Waals surface area contributed by atoms with E-state index in [1.54, 1.807) is 20.4 Å².